The summed E-state index contributed by atoms with van der Waals surface area (Å²) in [5, 5.41) is 5.06. The number of thiazole rings is 1. The molecular weight excluding hydrogens is 312 g/mol. The average Bonchev–Trinajstić information content (AvgIpc) is 2.94. The highest BCUT2D eigenvalue weighted by Crippen LogP contribution is 2.20. The third-order valence-corrected chi connectivity index (χ3v) is 3.68. The minimum Gasteiger partial charge on any atom is -0.434 e. The maximum absolute atomic E-state index is 12.3. The van der Waals surface area contributed by atoms with Gasteiger partial charge < -0.3 is 15.8 Å². The monoisotopic (exact) mass is 327 g/mol. The van der Waals surface area contributed by atoms with Gasteiger partial charge in [-0.3, -0.25) is 4.79 Å². The first-order chi connectivity index (χ1) is 10.6. The topological polar surface area (TPSA) is 77.2 Å². The molecule has 1 amide bonds. The van der Waals surface area contributed by atoms with Crippen LogP contribution in [0.5, 0.6) is 5.75 Å². The third kappa shape index (κ3) is 4.47. The molecule has 3 N–H and O–H groups in total. The molecule has 0 saturated heterocycles. The van der Waals surface area contributed by atoms with Crippen LogP contribution >= 0.6 is 11.3 Å². The standard InChI is InChI=1S/C14H15F2N3O2S/c15-14(16)21-11-4-2-1-3-9(11)7-18-13(20)10-8-22-12(19-10)5-6-17/h1-4,8,14H,5-7,17H2,(H,18,20). The minimum atomic E-state index is -2.91. The molecule has 1 aromatic heterocycles. The molecule has 0 bridgehead atoms. The summed E-state index contributed by atoms with van der Waals surface area (Å²) in [7, 11) is 0. The Balaban J connectivity index is 1.98. The van der Waals surface area contributed by atoms with E-state index in [9.17, 15) is 13.6 Å². The van der Waals surface area contributed by atoms with E-state index >= 15 is 0 Å². The highest BCUT2D eigenvalue weighted by atomic mass is 32.1. The molecule has 1 heterocycles. The number of nitrogens with one attached hydrogen (secondary N) is 1. The van der Waals surface area contributed by atoms with Gasteiger partial charge in [0.1, 0.15) is 11.4 Å². The summed E-state index contributed by atoms with van der Waals surface area (Å²) in [6.07, 6.45) is 0.614. The number of para-hydroxylation sites is 1. The van der Waals surface area contributed by atoms with Crippen LogP contribution in [0, 0.1) is 0 Å². The van der Waals surface area contributed by atoms with Gasteiger partial charge in [0, 0.05) is 23.9 Å². The lowest BCUT2D eigenvalue weighted by atomic mass is 10.2. The van der Waals surface area contributed by atoms with Gasteiger partial charge in [0.05, 0.1) is 5.01 Å². The van der Waals surface area contributed by atoms with Gasteiger partial charge in [-0.15, -0.1) is 11.3 Å². The van der Waals surface area contributed by atoms with Crippen molar-refractivity contribution in [1.82, 2.24) is 10.3 Å². The molecular formula is C14H15F2N3O2S. The van der Waals surface area contributed by atoms with Crippen LogP contribution in [0.15, 0.2) is 29.6 Å². The molecule has 0 unspecified atom stereocenters. The Kier molecular flexibility index (Phi) is 5.79. The first kappa shape index (κ1) is 16.3. The summed E-state index contributed by atoms with van der Waals surface area (Å²) < 4.78 is 29.0. The zero-order valence-electron chi connectivity index (χ0n) is 11.6. The molecule has 22 heavy (non-hydrogen) atoms. The molecule has 1 aromatic carbocycles. The molecule has 2 aromatic rings. The highest BCUT2D eigenvalue weighted by Gasteiger charge is 2.13. The molecule has 5 nitrogen and oxygen atoms in total. The van der Waals surface area contributed by atoms with Gasteiger partial charge in [0.25, 0.3) is 5.91 Å². The largest absolute Gasteiger partial charge is 0.434 e. The van der Waals surface area contributed by atoms with Gasteiger partial charge in [0.15, 0.2) is 0 Å². The van der Waals surface area contributed by atoms with Crippen LogP contribution < -0.4 is 15.8 Å². The van der Waals surface area contributed by atoms with Crippen LogP contribution in [0.3, 0.4) is 0 Å². The lowest BCUT2D eigenvalue weighted by molar-refractivity contribution is -0.0504. The maximum Gasteiger partial charge on any atom is 0.387 e. The van der Waals surface area contributed by atoms with Crippen molar-refractivity contribution in [1.29, 1.82) is 0 Å². The Hall–Kier alpha value is -2.06. The van der Waals surface area contributed by atoms with Crippen molar-refractivity contribution in [3.8, 4) is 5.75 Å². The Bertz CT molecular complexity index is 634. The van der Waals surface area contributed by atoms with E-state index in [1.807, 2.05) is 0 Å². The number of hydrogen-bond donors (Lipinski definition) is 2. The van der Waals surface area contributed by atoms with Crippen molar-refractivity contribution in [2.45, 2.75) is 19.6 Å². The first-order valence-electron chi connectivity index (χ1n) is 6.55. The van der Waals surface area contributed by atoms with E-state index in [-0.39, 0.29) is 18.2 Å². The quantitative estimate of drug-likeness (QED) is 0.817. The van der Waals surface area contributed by atoms with Crippen LogP contribution in [0.2, 0.25) is 0 Å². The second-order valence-electron chi connectivity index (χ2n) is 4.33. The van der Waals surface area contributed by atoms with Gasteiger partial charge in [0.2, 0.25) is 0 Å². The van der Waals surface area contributed by atoms with Crippen molar-refractivity contribution in [2.75, 3.05) is 6.54 Å². The van der Waals surface area contributed by atoms with Gasteiger partial charge in [-0.1, -0.05) is 18.2 Å². The lowest BCUT2D eigenvalue weighted by Crippen LogP contribution is -2.23. The van der Waals surface area contributed by atoms with E-state index in [1.54, 1.807) is 23.6 Å². The molecule has 0 saturated carbocycles. The number of halogens is 2. The number of hydrogen-bond acceptors (Lipinski definition) is 5. The number of aromatic nitrogens is 1. The Morgan fingerprint density at radius 3 is 2.91 bits per heavy atom. The number of nitrogens with zero attached hydrogens (tertiary/aromatic N) is 1. The third-order valence-electron chi connectivity index (χ3n) is 2.77. The van der Waals surface area contributed by atoms with E-state index in [0.717, 1.165) is 5.01 Å². The van der Waals surface area contributed by atoms with Crippen LogP contribution in [-0.2, 0) is 13.0 Å². The van der Waals surface area contributed by atoms with E-state index in [1.165, 1.54) is 17.4 Å². The first-order valence-corrected chi connectivity index (χ1v) is 7.43. The molecule has 0 spiro atoms. The fourth-order valence-electron chi connectivity index (χ4n) is 1.78. The molecule has 0 radical (unpaired) electrons. The van der Waals surface area contributed by atoms with Crippen molar-refractivity contribution >= 4 is 17.2 Å². The van der Waals surface area contributed by atoms with Gasteiger partial charge in [-0.05, 0) is 12.6 Å². The molecule has 0 atom stereocenters. The second kappa shape index (κ2) is 7.81. The molecule has 0 aliphatic carbocycles. The molecule has 8 heteroatoms. The number of benzene rings is 1. The Labute approximate surface area is 130 Å². The van der Waals surface area contributed by atoms with Gasteiger partial charge in [-0.25, -0.2) is 4.98 Å². The smallest absolute Gasteiger partial charge is 0.387 e. The number of ether oxygens (including phenoxy) is 1. The number of amides is 1. The predicted molar refractivity (Wildman–Crippen MR) is 79.1 cm³/mol. The molecule has 2 rings (SSSR count). The van der Waals surface area contributed by atoms with Crippen molar-refractivity contribution in [3.63, 3.8) is 0 Å². The van der Waals surface area contributed by atoms with Crippen molar-refractivity contribution < 1.29 is 18.3 Å². The fraction of sp³-hybridized carbons (Fsp3) is 0.286. The summed E-state index contributed by atoms with van der Waals surface area (Å²) in [6, 6.07) is 6.30. The van der Waals surface area contributed by atoms with Gasteiger partial charge in [-0.2, -0.15) is 8.78 Å². The van der Waals surface area contributed by atoms with Gasteiger partial charge >= 0.3 is 6.61 Å². The van der Waals surface area contributed by atoms with Crippen LogP contribution in [0.25, 0.3) is 0 Å². The van der Waals surface area contributed by atoms with Crippen LogP contribution in [-0.4, -0.2) is 24.0 Å². The Morgan fingerprint density at radius 2 is 2.18 bits per heavy atom. The molecule has 118 valence electrons. The number of alkyl halides is 2. The molecule has 0 aliphatic heterocycles. The lowest BCUT2D eigenvalue weighted by Gasteiger charge is -2.10. The zero-order chi connectivity index (χ0) is 15.9. The minimum absolute atomic E-state index is 0.0416. The average molecular weight is 327 g/mol. The van der Waals surface area contributed by atoms with E-state index in [0.29, 0.717) is 24.2 Å². The predicted octanol–water partition coefficient (Wildman–Crippen LogP) is 2.18. The molecule has 0 aliphatic rings. The van der Waals surface area contributed by atoms with E-state index in [4.69, 9.17) is 5.73 Å². The maximum atomic E-state index is 12.3. The summed E-state index contributed by atoms with van der Waals surface area (Å²) in [5.74, 6) is -0.328. The second-order valence-corrected chi connectivity index (χ2v) is 5.28. The Morgan fingerprint density at radius 1 is 1.41 bits per heavy atom. The summed E-state index contributed by atoms with van der Waals surface area (Å²) >= 11 is 1.36. The summed E-state index contributed by atoms with van der Waals surface area (Å²) in [6.45, 7) is -2.37. The number of nitrogens with two attached hydrogens (primary N) is 1. The fourth-order valence-corrected chi connectivity index (χ4v) is 2.57. The van der Waals surface area contributed by atoms with Crippen molar-refractivity contribution in [3.05, 3.63) is 45.9 Å². The summed E-state index contributed by atoms with van der Waals surface area (Å²) in [5.41, 5.74) is 6.19. The van der Waals surface area contributed by atoms with E-state index in [2.05, 4.69) is 15.0 Å². The zero-order valence-corrected chi connectivity index (χ0v) is 12.4. The highest BCUT2D eigenvalue weighted by molar-refractivity contribution is 7.09. The molecule has 0 fully saturated rings. The van der Waals surface area contributed by atoms with E-state index < -0.39 is 6.61 Å². The van der Waals surface area contributed by atoms with Crippen LogP contribution in [0.4, 0.5) is 8.78 Å². The van der Waals surface area contributed by atoms with Crippen LogP contribution in [0.1, 0.15) is 21.1 Å². The number of rotatable bonds is 7. The normalized spacial score (nSPS) is 10.7. The number of carbonyl (C=O) groups excluding carboxylic acids is 1. The number of carbonyl (C=O) groups is 1. The summed E-state index contributed by atoms with van der Waals surface area (Å²) in [4.78, 5) is 16.1. The van der Waals surface area contributed by atoms with Crippen molar-refractivity contribution in [2.24, 2.45) is 5.73 Å². The SMILES string of the molecule is NCCc1nc(C(=O)NCc2ccccc2OC(F)F)cs1.